The number of aryl methyl sites for hydroxylation is 1. The Hall–Kier alpha value is -2.05. The molecule has 0 N–H and O–H groups in total. The van der Waals surface area contributed by atoms with Crippen molar-refractivity contribution >= 4 is 0 Å². The molecule has 2 aliphatic rings. The molecule has 2 aromatic rings. The van der Waals surface area contributed by atoms with Gasteiger partial charge in [0.1, 0.15) is 17.3 Å². The van der Waals surface area contributed by atoms with Gasteiger partial charge in [0.2, 0.25) is 5.89 Å². The summed E-state index contributed by atoms with van der Waals surface area (Å²) in [5, 5.41) is 0. The summed E-state index contributed by atoms with van der Waals surface area (Å²) in [5.74, 6) is 3.05. The van der Waals surface area contributed by atoms with Crippen molar-refractivity contribution in [2.75, 3.05) is 34.4 Å². The highest BCUT2D eigenvalue weighted by Crippen LogP contribution is 2.38. The lowest BCUT2D eigenvalue weighted by Crippen LogP contribution is -2.36. The van der Waals surface area contributed by atoms with E-state index in [4.69, 9.17) is 18.9 Å². The molecule has 0 saturated carbocycles. The first kappa shape index (κ1) is 19.3. The number of fused-ring (bicyclic) bond motifs is 2. The van der Waals surface area contributed by atoms with Crippen LogP contribution < -0.4 is 9.47 Å². The van der Waals surface area contributed by atoms with Crippen molar-refractivity contribution in [1.82, 2.24) is 14.8 Å². The van der Waals surface area contributed by atoms with Crippen molar-refractivity contribution in [2.45, 2.75) is 51.7 Å². The Labute approximate surface area is 167 Å². The van der Waals surface area contributed by atoms with Crippen LogP contribution in [-0.4, -0.2) is 61.2 Å². The molecule has 0 spiro atoms. The van der Waals surface area contributed by atoms with Crippen molar-refractivity contribution in [3.8, 4) is 23.0 Å². The van der Waals surface area contributed by atoms with Gasteiger partial charge in [-0.25, -0.2) is 4.98 Å². The van der Waals surface area contributed by atoms with Gasteiger partial charge >= 0.3 is 0 Å². The van der Waals surface area contributed by atoms with Crippen LogP contribution in [0.15, 0.2) is 16.5 Å². The second kappa shape index (κ2) is 7.76. The fourth-order valence-corrected chi connectivity index (χ4v) is 4.75. The zero-order chi connectivity index (χ0) is 19.8. The van der Waals surface area contributed by atoms with E-state index in [9.17, 15) is 0 Å². The van der Waals surface area contributed by atoms with E-state index in [-0.39, 0.29) is 0 Å². The monoisotopic (exact) mass is 385 g/mol. The van der Waals surface area contributed by atoms with Gasteiger partial charge in [-0.15, -0.1) is 0 Å². The number of hydrogen-bond donors (Lipinski definition) is 0. The molecule has 4 rings (SSSR count). The summed E-state index contributed by atoms with van der Waals surface area (Å²) >= 11 is 0. The van der Waals surface area contributed by atoms with E-state index in [1.807, 2.05) is 26.0 Å². The van der Waals surface area contributed by atoms with Gasteiger partial charge in [0.05, 0.1) is 25.5 Å². The molecule has 1 aromatic heterocycles. The lowest BCUT2D eigenvalue weighted by molar-refractivity contribution is 0.213. The maximum Gasteiger partial charge on any atom is 0.230 e. The first-order valence-electron chi connectivity index (χ1n) is 10.1. The van der Waals surface area contributed by atoms with Crippen molar-refractivity contribution in [3.63, 3.8) is 0 Å². The molecule has 3 heterocycles. The summed E-state index contributed by atoms with van der Waals surface area (Å²) in [5.41, 5.74) is 2.84. The Morgan fingerprint density at radius 1 is 1.11 bits per heavy atom. The van der Waals surface area contributed by atoms with Crippen LogP contribution in [-0.2, 0) is 6.54 Å². The topological polar surface area (TPSA) is 51.0 Å². The highest BCUT2D eigenvalue weighted by atomic mass is 16.5. The van der Waals surface area contributed by atoms with E-state index in [0.717, 1.165) is 59.8 Å². The average Bonchev–Trinajstić information content (AvgIpc) is 3.16. The highest BCUT2D eigenvalue weighted by Gasteiger charge is 2.35. The van der Waals surface area contributed by atoms with E-state index in [1.54, 1.807) is 14.2 Å². The number of likely N-dealkylation sites (N-methyl/N-ethyl adjacent to an activating group) is 1. The normalized spacial score (nSPS) is 23.0. The van der Waals surface area contributed by atoms with Crippen LogP contribution in [0.2, 0.25) is 0 Å². The van der Waals surface area contributed by atoms with Gasteiger partial charge in [0, 0.05) is 37.3 Å². The summed E-state index contributed by atoms with van der Waals surface area (Å²) < 4.78 is 17.1. The number of benzene rings is 1. The molecule has 2 atom stereocenters. The fourth-order valence-electron chi connectivity index (χ4n) is 4.75. The molecule has 0 radical (unpaired) electrons. The maximum atomic E-state index is 6.06. The van der Waals surface area contributed by atoms with Crippen molar-refractivity contribution in [3.05, 3.63) is 29.2 Å². The number of oxazole rings is 1. The number of hydrogen-bond acceptors (Lipinski definition) is 6. The van der Waals surface area contributed by atoms with Crippen LogP contribution in [0, 0.1) is 13.8 Å². The minimum Gasteiger partial charge on any atom is -0.496 e. The van der Waals surface area contributed by atoms with Crippen LogP contribution in [0.5, 0.6) is 11.5 Å². The van der Waals surface area contributed by atoms with E-state index in [1.165, 1.54) is 19.3 Å². The lowest BCUT2D eigenvalue weighted by atomic mass is 10.1. The first-order valence-corrected chi connectivity index (χ1v) is 10.1. The zero-order valence-corrected chi connectivity index (χ0v) is 17.6. The highest BCUT2D eigenvalue weighted by molar-refractivity contribution is 5.68. The summed E-state index contributed by atoms with van der Waals surface area (Å²) in [6, 6.07) is 5.31. The van der Waals surface area contributed by atoms with E-state index >= 15 is 0 Å². The van der Waals surface area contributed by atoms with Gasteiger partial charge in [0.15, 0.2) is 0 Å². The largest absolute Gasteiger partial charge is 0.496 e. The molecule has 0 amide bonds. The predicted octanol–water partition coefficient (Wildman–Crippen LogP) is 3.64. The van der Waals surface area contributed by atoms with Gasteiger partial charge in [0.25, 0.3) is 0 Å². The molecule has 6 heteroatoms. The Morgan fingerprint density at radius 2 is 1.89 bits per heavy atom. The van der Waals surface area contributed by atoms with Crippen LogP contribution in [0.3, 0.4) is 0 Å². The Morgan fingerprint density at radius 3 is 2.64 bits per heavy atom. The molecule has 152 valence electrons. The minimum absolute atomic E-state index is 0.614. The molecular weight excluding hydrogens is 354 g/mol. The molecule has 2 fully saturated rings. The fraction of sp³-hybridized carbons (Fsp3) is 0.591. The molecule has 0 unspecified atom stereocenters. The van der Waals surface area contributed by atoms with E-state index < -0.39 is 0 Å². The zero-order valence-electron chi connectivity index (χ0n) is 17.6. The molecule has 0 aliphatic carbocycles. The van der Waals surface area contributed by atoms with Crippen molar-refractivity contribution in [1.29, 1.82) is 0 Å². The Kier molecular flexibility index (Phi) is 5.34. The molecule has 28 heavy (non-hydrogen) atoms. The van der Waals surface area contributed by atoms with Crippen LogP contribution in [0.1, 0.15) is 36.3 Å². The third-order valence-electron chi connectivity index (χ3n) is 6.51. The summed E-state index contributed by atoms with van der Waals surface area (Å²) in [4.78, 5) is 9.96. The van der Waals surface area contributed by atoms with Gasteiger partial charge in [-0.05, 0) is 52.3 Å². The second-order valence-corrected chi connectivity index (χ2v) is 8.07. The molecule has 2 aliphatic heterocycles. The number of ether oxygens (including phenoxy) is 2. The minimum atomic E-state index is 0.614. The van der Waals surface area contributed by atoms with E-state index in [0.29, 0.717) is 11.9 Å². The summed E-state index contributed by atoms with van der Waals surface area (Å²) in [6.45, 7) is 7.06. The molecule has 1 aromatic carbocycles. The molecule has 2 saturated heterocycles. The van der Waals surface area contributed by atoms with Crippen LogP contribution in [0.4, 0.5) is 0 Å². The van der Waals surface area contributed by atoms with Crippen molar-refractivity contribution in [2.24, 2.45) is 0 Å². The predicted molar refractivity (Wildman–Crippen MR) is 109 cm³/mol. The molecule has 2 bridgehead atoms. The number of methoxy groups -OCH3 is 2. The average molecular weight is 386 g/mol. The van der Waals surface area contributed by atoms with E-state index in [2.05, 4.69) is 16.8 Å². The second-order valence-electron chi connectivity index (χ2n) is 8.07. The third-order valence-corrected chi connectivity index (χ3v) is 6.51. The number of aromatic nitrogens is 1. The lowest BCUT2D eigenvalue weighted by Gasteiger charge is -2.25. The first-order chi connectivity index (χ1) is 13.5. The van der Waals surface area contributed by atoms with Gasteiger partial charge in [-0.2, -0.15) is 0 Å². The Balaban J connectivity index is 1.57. The quantitative estimate of drug-likeness (QED) is 0.783. The summed E-state index contributed by atoms with van der Waals surface area (Å²) in [7, 11) is 5.62. The van der Waals surface area contributed by atoms with Gasteiger partial charge in [-0.1, -0.05) is 0 Å². The number of likely N-dealkylation sites (tertiary alicyclic amines) is 1. The molecule has 6 nitrogen and oxygen atoms in total. The number of nitrogens with zero attached hydrogens (tertiary/aromatic N) is 3. The molecular formula is C22H31N3O3. The summed E-state index contributed by atoms with van der Waals surface area (Å²) in [6.07, 6.45) is 3.89. The third kappa shape index (κ3) is 3.40. The Bertz CT molecular complexity index is 848. The van der Waals surface area contributed by atoms with Crippen LogP contribution >= 0.6 is 0 Å². The van der Waals surface area contributed by atoms with Gasteiger partial charge in [-0.3, -0.25) is 9.80 Å². The number of rotatable bonds is 5. The maximum absolute atomic E-state index is 6.06. The smallest absolute Gasteiger partial charge is 0.230 e. The van der Waals surface area contributed by atoms with Crippen molar-refractivity contribution < 1.29 is 13.9 Å². The SMILES string of the molecule is COc1ccc(-c2nc(CN3CC[C@@H]4CC[C@H](C3)N4C)c(C)o2)c(OC)c1C. The van der Waals surface area contributed by atoms with Crippen LogP contribution in [0.25, 0.3) is 11.5 Å². The standard InChI is InChI=1S/C22H31N3O3/c1-14-20(26-4)9-8-18(21(14)27-5)22-23-19(15(2)28-22)13-25-11-10-16-6-7-17(12-25)24(16)3/h8-9,16-17H,6-7,10-13H2,1-5H3/t16-,17+/m0/s1. The van der Waals surface area contributed by atoms with Gasteiger partial charge < -0.3 is 13.9 Å².